The molecule has 0 N–H and O–H groups in total. The Morgan fingerprint density at radius 1 is 1.26 bits per heavy atom. The van der Waals surface area contributed by atoms with Crippen molar-refractivity contribution in [2.24, 2.45) is 7.05 Å². The molecule has 0 aliphatic rings. The van der Waals surface area contributed by atoms with E-state index in [0.29, 0.717) is 13.0 Å². The van der Waals surface area contributed by atoms with Crippen LogP contribution in [-0.4, -0.2) is 35.8 Å². The number of halogens is 3. The van der Waals surface area contributed by atoms with Gasteiger partial charge in [-0.1, -0.05) is 19.9 Å². The van der Waals surface area contributed by atoms with Crippen molar-refractivity contribution in [2.75, 3.05) is 20.1 Å². The van der Waals surface area contributed by atoms with E-state index in [1.165, 1.54) is 22.6 Å². The largest absolute Gasteiger partial charge is 0.401 e. The first-order valence-electron chi connectivity index (χ1n) is 6.19. The third kappa shape index (κ3) is 7.66. The van der Waals surface area contributed by atoms with Crippen molar-refractivity contribution in [1.82, 2.24) is 9.47 Å². The highest BCUT2D eigenvalue weighted by Gasteiger charge is 2.28. The van der Waals surface area contributed by atoms with E-state index in [1.54, 1.807) is 19.3 Å². The standard InChI is InChI=1S/C11H15F3N2O.C2H6/c1-15(8-11(12,13)14)6-5-9-3-4-10(17)16(2)7-9;1-2/h3-4,7H,5-6,8H2,1-2H3;1-2H3. The highest BCUT2D eigenvalue weighted by atomic mass is 19.4. The second kappa shape index (κ2) is 7.99. The molecule has 0 aliphatic heterocycles. The van der Waals surface area contributed by atoms with Gasteiger partial charge < -0.3 is 4.57 Å². The Morgan fingerprint density at radius 2 is 1.84 bits per heavy atom. The Kier molecular flexibility index (Phi) is 7.44. The molecule has 0 bridgehead atoms. The molecule has 3 nitrogen and oxygen atoms in total. The second-order valence-electron chi connectivity index (χ2n) is 4.09. The minimum atomic E-state index is -4.17. The van der Waals surface area contributed by atoms with E-state index in [2.05, 4.69) is 0 Å². The van der Waals surface area contributed by atoms with Crippen LogP contribution >= 0.6 is 0 Å². The molecule has 1 heterocycles. The van der Waals surface area contributed by atoms with Crippen LogP contribution < -0.4 is 5.56 Å². The SMILES string of the molecule is CC.CN(CCc1ccc(=O)n(C)c1)CC(F)(F)F. The summed E-state index contributed by atoms with van der Waals surface area (Å²) >= 11 is 0. The summed E-state index contributed by atoms with van der Waals surface area (Å²) in [5, 5.41) is 0. The summed E-state index contributed by atoms with van der Waals surface area (Å²) in [5.74, 6) is 0. The van der Waals surface area contributed by atoms with Gasteiger partial charge >= 0.3 is 6.18 Å². The summed E-state index contributed by atoms with van der Waals surface area (Å²) in [6.07, 6.45) is -2.04. The summed E-state index contributed by atoms with van der Waals surface area (Å²) < 4.78 is 37.6. The van der Waals surface area contributed by atoms with Gasteiger partial charge in [0.2, 0.25) is 5.56 Å². The van der Waals surface area contributed by atoms with Gasteiger partial charge in [0.25, 0.3) is 0 Å². The molecule has 0 atom stereocenters. The van der Waals surface area contributed by atoms with E-state index in [4.69, 9.17) is 0 Å². The Hall–Kier alpha value is -1.30. The van der Waals surface area contributed by atoms with Crippen LogP contribution in [0.1, 0.15) is 19.4 Å². The van der Waals surface area contributed by atoms with Gasteiger partial charge in [0.1, 0.15) is 0 Å². The van der Waals surface area contributed by atoms with E-state index >= 15 is 0 Å². The topological polar surface area (TPSA) is 25.2 Å². The summed E-state index contributed by atoms with van der Waals surface area (Å²) in [4.78, 5) is 12.3. The third-order valence-corrected chi connectivity index (χ3v) is 2.38. The number of pyridine rings is 1. The molecule has 1 aromatic rings. The zero-order valence-electron chi connectivity index (χ0n) is 11.8. The number of aromatic nitrogens is 1. The van der Waals surface area contributed by atoms with Gasteiger partial charge in [-0.3, -0.25) is 9.69 Å². The van der Waals surface area contributed by atoms with Crippen LogP contribution in [0.4, 0.5) is 13.2 Å². The highest BCUT2D eigenvalue weighted by Crippen LogP contribution is 2.15. The normalized spacial score (nSPS) is 11.2. The number of aryl methyl sites for hydroxylation is 1. The Balaban J connectivity index is 0.00000154. The number of hydrogen-bond acceptors (Lipinski definition) is 2. The van der Waals surface area contributed by atoms with Crippen molar-refractivity contribution in [3.63, 3.8) is 0 Å². The number of alkyl halides is 3. The zero-order chi connectivity index (χ0) is 15.1. The molecule has 6 heteroatoms. The van der Waals surface area contributed by atoms with Crippen molar-refractivity contribution in [2.45, 2.75) is 26.4 Å². The first-order chi connectivity index (χ1) is 8.78. The number of rotatable bonds is 4. The van der Waals surface area contributed by atoms with Crippen molar-refractivity contribution in [3.05, 3.63) is 34.2 Å². The first kappa shape index (κ1) is 17.7. The van der Waals surface area contributed by atoms with E-state index in [0.717, 1.165) is 5.56 Å². The first-order valence-corrected chi connectivity index (χ1v) is 6.19. The minimum Gasteiger partial charge on any atom is -0.318 e. The third-order valence-electron chi connectivity index (χ3n) is 2.38. The number of hydrogen-bond donors (Lipinski definition) is 0. The fourth-order valence-corrected chi connectivity index (χ4v) is 1.50. The van der Waals surface area contributed by atoms with Gasteiger partial charge in [0, 0.05) is 25.9 Å². The molecular formula is C13H21F3N2O. The van der Waals surface area contributed by atoms with Gasteiger partial charge in [-0.15, -0.1) is 0 Å². The summed E-state index contributed by atoms with van der Waals surface area (Å²) in [6.45, 7) is 3.39. The predicted molar refractivity (Wildman–Crippen MR) is 70.3 cm³/mol. The quantitative estimate of drug-likeness (QED) is 0.845. The maximum absolute atomic E-state index is 12.1. The van der Waals surface area contributed by atoms with Crippen molar-refractivity contribution < 1.29 is 13.2 Å². The predicted octanol–water partition coefficient (Wildman–Crippen LogP) is 2.45. The van der Waals surface area contributed by atoms with Gasteiger partial charge in [0.05, 0.1) is 6.54 Å². The molecule has 110 valence electrons. The molecule has 0 saturated carbocycles. The van der Waals surface area contributed by atoms with E-state index < -0.39 is 12.7 Å². The molecule has 19 heavy (non-hydrogen) atoms. The lowest BCUT2D eigenvalue weighted by Crippen LogP contribution is -2.32. The van der Waals surface area contributed by atoms with Crippen molar-refractivity contribution in [3.8, 4) is 0 Å². The monoisotopic (exact) mass is 278 g/mol. The highest BCUT2D eigenvalue weighted by molar-refractivity contribution is 5.10. The van der Waals surface area contributed by atoms with Crippen LogP contribution in [0.2, 0.25) is 0 Å². The lowest BCUT2D eigenvalue weighted by molar-refractivity contribution is -0.142. The van der Waals surface area contributed by atoms with Crippen LogP contribution in [-0.2, 0) is 13.5 Å². The Bertz CT molecular complexity index is 427. The lowest BCUT2D eigenvalue weighted by atomic mass is 10.2. The number of likely N-dealkylation sites (N-methyl/N-ethyl adjacent to an activating group) is 1. The van der Waals surface area contributed by atoms with Gasteiger partial charge in [-0.05, 0) is 19.0 Å². The fraction of sp³-hybridized carbons (Fsp3) is 0.615. The van der Waals surface area contributed by atoms with E-state index in [9.17, 15) is 18.0 Å². The van der Waals surface area contributed by atoms with Gasteiger partial charge in [0.15, 0.2) is 0 Å². The molecule has 0 radical (unpaired) electrons. The molecule has 0 fully saturated rings. The van der Waals surface area contributed by atoms with E-state index in [1.807, 2.05) is 13.8 Å². The molecule has 1 aromatic heterocycles. The van der Waals surface area contributed by atoms with E-state index in [-0.39, 0.29) is 5.56 Å². The molecule has 0 spiro atoms. The Morgan fingerprint density at radius 3 is 2.32 bits per heavy atom. The number of nitrogens with zero attached hydrogens (tertiary/aromatic N) is 2. The van der Waals surface area contributed by atoms with Gasteiger partial charge in [-0.2, -0.15) is 13.2 Å². The average Bonchev–Trinajstić information content (AvgIpc) is 2.31. The van der Waals surface area contributed by atoms with Gasteiger partial charge in [-0.25, -0.2) is 0 Å². The molecule has 0 aliphatic carbocycles. The van der Waals surface area contributed by atoms with Crippen LogP contribution in [0.25, 0.3) is 0 Å². The molecule has 0 aromatic carbocycles. The van der Waals surface area contributed by atoms with Crippen LogP contribution in [0.15, 0.2) is 23.1 Å². The summed E-state index contributed by atoms with van der Waals surface area (Å²) in [6, 6.07) is 3.06. The average molecular weight is 278 g/mol. The molecule has 0 unspecified atom stereocenters. The Labute approximate surface area is 111 Å². The maximum atomic E-state index is 12.1. The second-order valence-corrected chi connectivity index (χ2v) is 4.09. The van der Waals surface area contributed by atoms with Crippen molar-refractivity contribution in [1.29, 1.82) is 0 Å². The summed E-state index contributed by atoms with van der Waals surface area (Å²) in [5.41, 5.74) is 0.721. The van der Waals surface area contributed by atoms with Crippen LogP contribution in [0.3, 0.4) is 0 Å². The zero-order valence-corrected chi connectivity index (χ0v) is 11.8. The maximum Gasteiger partial charge on any atom is 0.401 e. The van der Waals surface area contributed by atoms with Crippen LogP contribution in [0, 0.1) is 0 Å². The van der Waals surface area contributed by atoms with Crippen LogP contribution in [0.5, 0.6) is 0 Å². The molecular weight excluding hydrogens is 257 g/mol. The molecule has 1 rings (SSSR count). The summed E-state index contributed by atoms with van der Waals surface area (Å²) in [7, 11) is 3.04. The van der Waals surface area contributed by atoms with Crippen molar-refractivity contribution >= 4 is 0 Å². The smallest absolute Gasteiger partial charge is 0.318 e. The minimum absolute atomic E-state index is 0.127. The lowest BCUT2D eigenvalue weighted by Gasteiger charge is -2.18. The molecule has 0 saturated heterocycles. The fourth-order valence-electron chi connectivity index (χ4n) is 1.50. The molecule has 0 amide bonds.